The summed E-state index contributed by atoms with van der Waals surface area (Å²) >= 11 is 0. The standard InChI is InChI=1S/C17H28N2O5Si/c1-3-24-25(2,8-4-6-12-10-14(20)18-16(12)22)9-5-7-13-11-15(21)19-17(13)23/h10-11,18-23H,3-9H2,1-2H3. The molecular weight excluding hydrogens is 340 g/mol. The van der Waals surface area contributed by atoms with Crippen LogP contribution < -0.4 is 0 Å². The van der Waals surface area contributed by atoms with Gasteiger partial charge in [-0.15, -0.1) is 0 Å². The van der Waals surface area contributed by atoms with Gasteiger partial charge in [0.25, 0.3) is 0 Å². The molecule has 0 saturated carbocycles. The van der Waals surface area contributed by atoms with Crippen LogP contribution in [0.5, 0.6) is 23.5 Å². The average molecular weight is 369 g/mol. The van der Waals surface area contributed by atoms with Crippen LogP contribution in [0, 0.1) is 0 Å². The largest absolute Gasteiger partial charge is 0.495 e. The van der Waals surface area contributed by atoms with E-state index in [4.69, 9.17) is 4.43 Å². The zero-order valence-corrected chi connectivity index (χ0v) is 15.8. The Morgan fingerprint density at radius 2 is 1.32 bits per heavy atom. The van der Waals surface area contributed by atoms with Crippen LogP contribution in [0.1, 0.15) is 30.9 Å². The lowest BCUT2D eigenvalue weighted by molar-refractivity contribution is 0.321. The van der Waals surface area contributed by atoms with Crippen molar-refractivity contribution in [3.63, 3.8) is 0 Å². The molecule has 0 aromatic carbocycles. The van der Waals surface area contributed by atoms with Gasteiger partial charge in [-0.25, -0.2) is 0 Å². The molecule has 140 valence electrons. The Labute approximate surface area is 148 Å². The highest BCUT2D eigenvalue weighted by atomic mass is 28.4. The predicted molar refractivity (Wildman–Crippen MR) is 97.7 cm³/mol. The minimum Gasteiger partial charge on any atom is -0.495 e. The molecule has 2 rings (SSSR count). The Kier molecular flexibility index (Phi) is 6.43. The fraction of sp³-hybridized carbons (Fsp3) is 0.529. The van der Waals surface area contributed by atoms with Gasteiger partial charge in [-0.05, 0) is 51.2 Å². The SMILES string of the molecule is CCO[Si](C)(CCCc1cc(O)[nH]c1O)CCCc1cc(O)[nH]c1O. The lowest BCUT2D eigenvalue weighted by Crippen LogP contribution is -2.34. The van der Waals surface area contributed by atoms with E-state index >= 15 is 0 Å². The number of aromatic amines is 2. The van der Waals surface area contributed by atoms with Crippen molar-refractivity contribution in [1.29, 1.82) is 0 Å². The molecule has 7 nitrogen and oxygen atoms in total. The average Bonchev–Trinajstić information content (AvgIpc) is 3.00. The molecule has 0 radical (unpaired) electrons. The van der Waals surface area contributed by atoms with Crippen molar-refractivity contribution in [3.05, 3.63) is 23.3 Å². The molecule has 2 aromatic rings. The van der Waals surface area contributed by atoms with Gasteiger partial charge in [0.05, 0.1) is 0 Å². The van der Waals surface area contributed by atoms with Gasteiger partial charge in [0, 0.05) is 29.9 Å². The van der Waals surface area contributed by atoms with Gasteiger partial charge in [-0.3, -0.25) is 9.97 Å². The van der Waals surface area contributed by atoms with Crippen LogP contribution in [0.15, 0.2) is 12.1 Å². The third-order valence-electron chi connectivity index (χ3n) is 4.52. The minimum absolute atomic E-state index is 0.0214. The van der Waals surface area contributed by atoms with E-state index in [1.54, 1.807) is 12.1 Å². The maximum Gasteiger partial charge on any atom is 0.194 e. The zero-order chi connectivity index (χ0) is 18.4. The molecule has 2 heterocycles. The van der Waals surface area contributed by atoms with Gasteiger partial charge in [-0.1, -0.05) is 0 Å². The highest BCUT2D eigenvalue weighted by Gasteiger charge is 2.28. The first kappa shape index (κ1) is 19.3. The Morgan fingerprint density at radius 3 is 1.64 bits per heavy atom. The zero-order valence-electron chi connectivity index (χ0n) is 14.8. The molecule has 0 bridgehead atoms. The number of aromatic hydroxyl groups is 4. The summed E-state index contributed by atoms with van der Waals surface area (Å²) < 4.78 is 6.08. The van der Waals surface area contributed by atoms with Crippen LogP contribution in [0.25, 0.3) is 0 Å². The van der Waals surface area contributed by atoms with Gasteiger partial charge in [0.1, 0.15) is 0 Å². The number of rotatable bonds is 10. The lowest BCUT2D eigenvalue weighted by atomic mass is 10.2. The molecule has 2 aromatic heterocycles. The van der Waals surface area contributed by atoms with Crippen LogP contribution in [-0.4, -0.2) is 45.3 Å². The topological polar surface area (TPSA) is 122 Å². The first-order chi connectivity index (χ1) is 11.8. The molecule has 25 heavy (non-hydrogen) atoms. The van der Waals surface area contributed by atoms with Crippen molar-refractivity contribution in [2.75, 3.05) is 6.61 Å². The second-order valence-corrected chi connectivity index (χ2v) is 10.8. The Bertz CT molecular complexity index is 630. The molecule has 0 unspecified atom stereocenters. The van der Waals surface area contributed by atoms with Crippen molar-refractivity contribution in [3.8, 4) is 23.5 Å². The van der Waals surface area contributed by atoms with Crippen LogP contribution in [0.3, 0.4) is 0 Å². The first-order valence-electron chi connectivity index (χ1n) is 8.66. The van der Waals surface area contributed by atoms with E-state index in [0.29, 0.717) is 19.4 Å². The Morgan fingerprint density at radius 1 is 0.880 bits per heavy atom. The summed E-state index contributed by atoms with van der Waals surface area (Å²) in [6.07, 6.45) is 3.13. The summed E-state index contributed by atoms with van der Waals surface area (Å²) in [7, 11) is -1.89. The molecule has 6 N–H and O–H groups in total. The van der Waals surface area contributed by atoms with E-state index in [1.807, 2.05) is 6.92 Å². The molecule has 0 saturated heterocycles. The predicted octanol–water partition coefficient (Wildman–Crippen LogP) is 3.34. The second-order valence-electron chi connectivity index (χ2n) is 6.65. The maximum atomic E-state index is 9.68. The van der Waals surface area contributed by atoms with Crippen LogP contribution >= 0.6 is 0 Å². The van der Waals surface area contributed by atoms with Gasteiger partial charge in [0.2, 0.25) is 0 Å². The summed E-state index contributed by atoms with van der Waals surface area (Å²) in [6, 6.07) is 5.01. The number of aryl methyl sites for hydroxylation is 2. The summed E-state index contributed by atoms with van der Waals surface area (Å²) in [5.41, 5.74) is 1.44. The molecular formula is C17H28N2O5Si. The Hall–Kier alpha value is -2.06. The third kappa shape index (κ3) is 5.47. The van der Waals surface area contributed by atoms with Crippen LogP contribution in [-0.2, 0) is 17.3 Å². The fourth-order valence-electron chi connectivity index (χ4n) is 3.25. The van der Waals surface area contributed by atoms with E-state index in [-0.39, 0.29) is 23.5 Å². The molecule has 0 atom stereocenters. The lowest BCUT2D eigenvalue weighted by Gasteiger charge is -2.27. The summed E-state index contributed by atoms with van der Waals surface area (Å²) in [5, 5.41) is 38.1. The van der Waals surface area contributed by atoms with Crippen LogP contribution in [0.4, 0.5) is 0 Å². The summed E-state index contributed by atoms with van der Waals surface area (Å²) in [6.45, 7) is 4.88. The van der Waals surface area contributed by atoms with E-state index in [1.165, 1.54) is 0 Å². The number of H-pyrrole nitrogens is 2. The number of nitrogens with one attached hydrogen (secondary N) is 2. The monoisotopic (exact) mass is 368 g/mol. The molecule has 0 aliphatic carbocycles. The normalized spacial score (nSPS) is 11.9. The first-order valence-corrected chi connectivity index (χ1v) is 11.5. The summed E-state index contributed by atoms with van der Waals surface area (Å²) in [5.74, 6) is 0.0128. The maximum absolute atomic E-state index is 9.68. The molecule has 0 fully saturated rings. The van der Waals surface area contributed by atoms with Gasteiger partial charge < -0.3 is 24.9 Å². The third-order valence-corrected chi connectivity index (χ3v) is 8.33. The van der Waals surface area contributed by atoms with E-state index in [2.05, 4.69) is 16.5 Å². The van der Waals surface area contributed by atoms with E-state index in [9.17, 15) is 20.4 Å². The van der Waals surface area contributed by atoms with Gasteiger partial charge in [0.15, 0.2) is 31.8 Å². The number of hydrogen-bond acceptors (Lipinski definition) is 5. The number of aromatic nitrogens is 2. The second kappa shape index (κ2) is 8.35. The van der Waals surface area contributed by atoms with Crippen molar-refractivity contribution in [2.45, 2.75) is 51.2 Å². The molecule has 0 aliphatic heterocycles. The molecule has 0 aliphatic rings. The van der Waals surface area contributed by atoms with Crippen molar-refractivity contribution < 1.29 is 24.9 Å². The molecule has 0 amide bonds. The van der Waals surface area contributed by atoms with E-state index in [0.717, 1.165) is 36.1 Å². The fourth-order valence-corrected chi connectivity index (χ4v) is 6.33. The van der Waals surface area contributed by atoms with Crippen molar-refractivity contribution in [1.82, 2.24) is 9.97 Å². The quantitative estimate of drug-likeness (QED) is 0.359. The van der Waals surface area contributed by atoms with E-state index < -0.39 is 8.32 Å². The minimum atomic E-state index is -1.89. The van der Waals surface area contributed by atoms with Gasteiger partial charge in [-0.2, -0.15) is 0 Å². The molecule has 8 heteroatoms. The van der Waals surface area contributed by atoms with Crippen molar-refractivity contribution in [2.24, 2.45) is 0 Å². The van der Waals surface area contributed by atoms with Crippen LogP contribution in [0.2, 0.25) is 18.6 Å². The highest BCUT2D eigenvalue weighted by Crippen LogP contribution is 2.29. The van der Waals surface area contributed by atoms with Crippen molar-refractivity contribution >= 4 is 8.32 Å². The summed E-state index contributed by atoms with van der Waals surface area (Å²) in [4.78, 5) is 4.97. The van der Waals surface area contributed by atoms with Gasteiger partial charge >= 0.3 is 0 Å². The highest BCUT2D eigenvalue weighted by molar-refractivity contribution is 6.72. The molecule has 0 spiro atoms. The number of hydrogen-bond donors (Lipinski definition) is 6. The Balaban J connectivity index is 1.84. The smallest absolute Gasteiger partial charge is 0.194 e.